The molecule has 0 amide bonds. The Morgan fingerprint density at radius 3 is 2.65 bits per heavy atom. The Bertz CT molecular complexity index is 964. The van der Waals surface area contributed by atoms with Gasteiger partial charge in [-0.1, -0.05) is 24.3 Å². The number of halogens is 1. The number of hydrogen-bond acceptors (Lipinski definition) is 6. The van der Waals surface area contributed by atoms with E-state index in [9.17, 15) is 9.18 Å². The molecular formula is C18H22FN5OS. The molecule has 0 saturated heterocycles. The molecular weight excluding hydrogens is 353 g/mol. The number of hydrogen-bond donors (Lipinski definition) is 1. The van der Waals surface area contributed by atoms with Gasteiger partial charge in [0.25, 0.3) is 5.56 Å². The van der Waals surface area contributed by atoms with Crippen LogP contribution in [0, 0.1) is 5.82 Å². The Kier molecular flexibility index (Phi) is 5.51. The number of fused-ring (bicyclic) bond motifs is 1. The quantitative estimate of drug-likeness (QED) is 0.686. The summed E-state index contributed by atoms with van der Waals surface area (Å²) < 4.78 is 15.7. The summed E-state index contributed by atoms with van der Waals surface area (Å²) in [6.45, 7) is 7.91. The molecule has 0 fully saturated rings. The van der Waals surface area contributed by atoms with Gasteiger partial charge in [-0.15, -0.1) is 5.10 Å². The molecule has 2 heterocycles. The molecule has 8 heteroatoms. The predicted octanol–water partition coefficient (Wildman–Crippen LogP) is 3.31. The van der Waals surface area contributed by atoms with Gasteiger partial charge < -0.3 is 10.2 Å². The fourth-order valence-electron chi connectivity index (χ4n) is 2.77. The second-order valence-corrected chi connectivity index (χ2v) is 6.81. The van der Waals surface area contributed by atoms with E-state index in [1.807, 2.05) is 31.7 Å². The van der Waals surface area contributed by atoms with Crippen molar-refractivity contribution < 1.29 is 4.39 Å². The summed E-state index contributed by atoms with van der Waals surface area (Å²) in [5, 5.41) is 7.97. The maximum atomic E-state index is 14.4. The average Bonchev–Trinajstić information content (AvgIpc) is 3.06. The third-order valence-corrected chi connectivity index (χ3v) is 5.09. The van der Waals surface area contributed by atoms with Gasteiger partial charge >= 0.3 is 0 Å². The number of aryl methyl sites for hydroxylation is 1. The fourth-order valence-corrected chi connectivity index (χ4v) is 3.59. The van der Waals surface area contributed by atoms with Crippen LogP contribution < -0.4 is 15.8 Å². The minimum atomic E-state index is -0.234. The van der Waals surface area contributed by atoms with Crippen LogP contribution in [-0.4, -0.2) is 27.7 Å². The summed E-state index contributed by atoms with van der Waals surface area (Å²) in [4.78, 5) is 19.0. The number of nitrogens with zero attached hydrogens (tertiary/aromatic N) is 4. The van der Waals surface area contributed by atoms with Gasteiger partial charge in [0.05, 0.1) is 5.69 Å². The zero-order valence-electron chi connectivity index (χ0n) is 15.1. The van der Waals surface area contributed by atoms with Crippen LogP contribution in [-0.2, 0) is 13.0 Å². The van der Waals surface area contributed by atoms with Crippen molar-refractivity contribution in [2.75, 3.05) is 23.3 Å². The maximum Gasteiger partial charge on any atom is 0.275 e. The van der Waals surface area contributed by atoms with E-state index in [1.165, 1.54) is 28.0 Å². The molecule has 138 valence electrons. The molecule has 0 aliphatic rings. The number of rotatable bonds is 7. The third kappa shape index (κ3) is 3.70. The van der Waals surface area contributed by atoms with Crippen LogP contribution in [0.5, 0.6) is 0 Å². The molecule has 26 heavy (non-hydrogen) atoms. The monoisotopic (exact) mass is 375 g/mol. The van der Waals surface area contributed by atoms with Crippen molar-refractivity contribution in [2.24, 2.45) is 0 Å². The molecule has 3 rings (SSSR count). The normalized spacial score (nSPS) is 11.1. The molecule has 3 aromatic rings. The molecule has 0 aliphatic heterocycles. The Morgan fingerprint density at radius 1 is 1.23 bits per heavy atom. The van der Waals surface area contributed by atoms with Gasteiger partial charge in [-0.25, -0.2) is 9.37 Å². The van der Waals surface area contributed by atoms with Gasteiger partial charge in [0.2, 0.25) is 10.1 Å². The summed E-state index contributed by atoms with van der Waals surface area (Å²) in [6, 6.07) is 6.74. The van der Waals surface area contributed by atoms with Crippen LogP contribution in [0.3, 0.4) is 0 Å². The molecule has 6 nitrogen and oxygen atoms in total. The SMILES string of the molecule is CCc1cc(=O)n2nc(NCc3ccc(N(CC)CC)c(F)c3)sc2n1. The van der Waals surface area contributed by atoms with E-state index in [0.29, 0.717) is 28.7 Å². The lowest BCUT2D eigenvalue weighted by molar-refractivity contribution is 0.618. The first-order chi connectivity index (χ1) is 12.5. The average molecular weight is 375 g/mol. The highest BCUT2D eigenvalue weighted by Gasteiger charge is 2.11. The van der Waals surface area contributed by atoms with Crippen molar-refractivity contribution >= 4 is 27.1 Å². The molecule has 0 bridgehead atoms. The van der Waals surface area contributed by atoms with Crippen LogP contribution in [0.1, 0.15) is 32.0 Å². The summed E-state index contributed by atoms with van der Waals surface area (Å²) >= 11 is 1.31. The highest BCUT2D eigenvalue weighted by atomic mass is 32.1. The Morgan fingerprint density at radius 2 is 2.00 bits per heavy atom. The first-order valence-electron chi connectivity index (χ1n) is 8.72. The van der Waals surface area contributed by atoms with Crippen LogP contribution >= 0.6 is 11.3 Å². The predicted molar refractivity (Wildman–Crippen MR) is 104 cm³/mol. The van der Waals surface area contributed by atoms with E-state index in [1.54, 1.807) is 6.07 Å². The minimum Gasteiger partial charge on any atom is -0.370 e. The van der Waals surface area contributed by atoms with Gasteiger partial charge in [0.1, 0.15) is 5.82 Å². The molecule has 0 radical (unpaired) electrons. The van der Waals surface area contributed by atoms with E-state index >= 15 is 0 Å². The molecule has 0 aliphatic carbocycles. The Balaban J connectivity index is 1.77. The molecule has 1 aromatic carbocycles. The summed E-state index contributed by atoms with van der Waals surface area (Å²) in [7, 11) is 0. The molecule has 0 saturated carbocycles. The van der Waals surface area contributed by atoms with Crippen molar-refractivity contribution in [2.45, 2.75) is 33.7 Å². The standard InChI is InChI=1S/C18H22FN5OS/c1-4-13-10-16(25)24-18(21-13)26-17(22-24)20-11-12-7-8-15(14(19)9-12)23(5-2)6-3/h7-10H,4-6,11H2,1-3H3,(H,20,22). The Labute approximate surface area is 155 Å². The third-order valence-electron chi connectivity index (χ3n) is 4.22. The van der Waals surface area contributed by atoms with Crippen molar-refractivity contribution in [1.29, 1.82) is 0 Å². The molecule has 2 aromatic heterocycles. The summed E-state index contributed by atoms with van der Waals surface area (Å²) in [5.41, 5.74) is 1.99. The maximum absolute atomic E-state index is 14.4. The number of aromatic nitrogens is 3. The molecule has 0 atom stereocenters. The van der Waals surface area contributed by atoms with Crippen molar-refractivity contribution in [3.05, 3.63) is 51.7 Å². The lowest BCUT2D eigenvalue weighted by Crippen LogP contribution is -2.23. The van der Waals surface area contributed by atoms with Crippen LogP contribution in [0.4, 0.5) is 15.2 Å². The van der Waals surface area contributed by atoms with E-state index in [2.05, 4.69) is 15.4 Å². The van der Waals surface area contributed by atoms with Crippen molar-refractivity contribution in [3.8, 4) is 0 Å². The fraction of sp³-hybridized carbons (Fsp3) is 0.389. The summed E-state index contributed by atoms with van der Waals surface area (Å²) in [5.74, 6) is -0.234. The zero-order valence-corrected chi connectivity index (χ0v) is 15.9. The van der Waals surface area contributed by atoms with Crippen LogP contribution in [0.25, 0.3) is 4.96 Å². The smallest absolute Gasteiger partial charge is 0.275 e. The highest BCUT2D eigenvalue weighted by molar-refractivity contribution is 7.20. The zero-order chi connectivity index (χ0) is 18.7. The highest BCUT2D eigenvalue weighted by Crippen LogP contribution is 2.22. The molecule has 1 N–H and O–H groups in total. The lowest BCUT2D eigenvalue weighted by atomic mass is 10.2. The van der Waals surface area contributed by atoms with Gasteiger partial charge in [0.15, 0.2) is 0 Å². The van der Waals surface area contributed by atoms with Crippen LogP contribution in [0.2, 0.25) is 0 Å². The minimum absolute atomic E-state index is 0.189. The van der Waals surface area contributed by atoms with Crippen molar-refractivity contribution in [3.63, 3.8) is 0 Å². The van der Waals surface area contributed by atoms with Crippen molar-refractivity contribution in [1.82, 2.24) is 14.6 Å². The van der Waals surface area contributed by atoms with E-state index in [0.717, 1.165) is 24.3 Å². The number of benzene rings is 1. The van der Waals surface area contributed by atoms with Gasteiger partial charge in [0, 0.05) is 31.4 Å². The number of anilines is 2. The van der Waals surface area contributed by atoms with E-state index in [-0.39, 0.29) is 11.4 Å². The molecule has 0 unspecified atom stereocenters. The first kappa shape index (κ1) is 18.3. The van der Waals surface area contributed by atoms with Gasteiger partial charge in [-0.3, -0.25) is 4.79 Å². The van der Waals surface area contributed by atoms with Gasteiger partial charge in [-0.05, 0) is 38.0 Å². The lowest BCUT2D eigenvalue weighted by Gasteiger charge is -2.21. The molecule has 0 spiro atoms. The summed E-state index contributed by atoms with van der Waals surface area (Å²) in [6.07, 6.45) is 0.699. The second-order valence-electron chi connectivity index (χ2n) is 5.85. The first-order valence-corrected chi connectivity index (χ1v) is 9.54. The van der Waals surface area contributed by atoms with E-state index in [4.69, 9.17) is 0 Å². The second kappa shape index (κ2) is 7.82. The topological polar surface area (TPSA) is 62.5 Å². The van der Waals surface area contributed by atoms with Crippen LogP contribution in [0.15, 0.2) is 29.1 Å². The number of nitrogens with one attached hydrogen (secondary N) is 1. The Hall–Kier alpha value is -2.48. The van der Waals surface area contributed by atoms with Gasteiger partial charge in [-0.2, -0.15) is 4.52 Å². The largest absolute Gasteiger partial charge is 0.370 e. The van der Waals surface area contributed by atoms with E-state index < -0.39 is 0 Å².